The zero-order chi connectivity index (χ0) is 12.1. The van der Waals surface area contributed by atoms with Gasteiger partial charge in [-0.15, -0.1) is 0 Å². The first-order chi connectivity index (χ1) is 7.56. The highest BCUT2D eigenvalue weighted by molar-refractivity contribution is 5.45. The largest absolute Gasteiger partial charge is 0.394 e. The fourth-order valence-electron chi connectivity index (χ4n) is 1.30. The van der Waals surface area contributed by atoms with Gasteiger partial charge in [-0.2, -0.15) is 0 Å². The molecule has 5 heteroatoms. The van der Waals surface area contributed by atoms with Gasteiger partial charge in [0, 0.05) is 12.0 Å². The van der Waals surface area contributed by atoms with Crippen LogP contribution in [-0.2, 0) is 0 Å². The van der Waals surface area contributed by atoms with Crippen LogP contribution in [-0.4, -0.2) is 27.7 Å². The molecule has 0 saturated carbocycles. The summed E-state index contributed by atoms with van der Waals surface area (Å²) in [7, 11) is 0. The van der Waals surface area contributed by atoms with E-state index in [-0.39, 0.29) is 18.6 Å². The van der Waals surface area contributed by atoms with Gasteiger partial charge in [-0.05, 0) is 6.42 Å². The highest BCUT2D eigenvalue weighted by atomic mass is 16.3. The second-order valence-electron chi connectivity index (χ2n) is 4.12. The van der Waals surface area contributed by atoms with Crippen molar-refractivity contribution >= 4 is 11.6 Å². The number of nitrogens with zero attached hydrogens (tertiary/aromatic N) is 2. The molecule has 0 aromatic carbocycles. The Hall–Kier alpha value is -1.36. The van der Waals surface area contributed by atoms with Crippen LogP contribution in [0.2, 0.25) is 0 Å². The molecule has 0 radical (unpaired) electrons. The minimum Gasteiger partial charge on any atom is -0.394 e. The summed E-state index contributed by atoms with van der Waals surface area (Å²) >= 11 is 0. The van der Waals surface area contributed by atoms with Crippen molar-refractivity contribution in [3.8, 4) is 0 Å². The van der Waals surface area contributed by atoms with Gasteiger partial charge in [0.1, 0.15) is 17.5 Å². The highest BCUT2D eigenvalue weighted by Crippen LogP contribution is 2.15. The third-order valence-electron chi connectivity index (χ3n) is 2.34. The molecule has 1 rings (SSSR count). The van der Waals surface area contributed by atoms with Crippen LogP contribution in [0.5, 0.6) is 0 Å². The SMILES string of the molecule is CCC(CO)Nc1cc(N)nc(C(C)C)n1. The average molecular weight is 224 g/mol. The summed E-state index contributed by atoms with van der Waals surface area (Å²) < 4.78 is 0. The van der Waals surface area contributed by atoms with E-state index < -0.39 is 0 Å². The number of aliphatic hydroxyl groups is 1. The molecule has 0 aliphatic heterocycles. The molecule has 0 aliphatic rings. The Bertz CT molecular complexity index is 337. The van der Waals surface area contributed by atoms with Crippen molar-refractivity contribution in [3.05, 3.63) is 11.9 Å². The maximum Gasteiger partial charge on any atom is 0.135 e. The van der Waals surface area contributed by atoms with E-state index in [4.69, 9.17) is 10.8 Å². The first-order valence-corrected chi connectivity index (χ1v) is 5.58. The summed E-state index contributed by atoms with van der Waals surface area (Å²) in [4.78, 5) is 8.51. The van der Waals surface area contributed by atoms with Crippen LogP contribution in [0.4, 0.5) is 11.6 Å². The highest BCUT2D eigenvalue weighted by Gasteiger charge is 2.09. The molecular formula is C11H20N4O. The number of hydrogen-bond acceptors (Lipinski definition) is 5. The van der Waals surface area contributed by atoms with Gasteiger partial charge in [0.05, 0.1) is 12.6 Å². The van der Waals surface area contributed by atoms with Crippen LogP contribution in [0, 0.1) is 0 Å². The summed E-state index contributed by atoms with van der Waals surface area (Å²) in [5.41, 5.74) is 5.70. The minimum absolute atomic E-state index is 0.00862. The third-order valence-corrected chi connectivity index (χ3v) is 2.34. The second-order valence-corrected chi connectivity index (χ2v) is 4.12. The number of anilines is 2. The molecule has 1 atom stereocenters. The van der Waals surface area contributed by atoms with Crippen LogP contribution in [0.3, 0.4) is 0 Å². The molecule has 1 aromatic rings. The Morgan fingerprint density at radius 2 is 2.12 bits per heavy atom. The molecule has 0 aliphatic carbocycles. The first-order valence-electron chi connectivity index (χ1n) is 5.58. The number of nitrogens with one attached hydrogen (secondary N) is 1. The van der Waals surface area contributed by atoms with Crippen LogP contribution in [0.25, 0.3) is 0 Å². The van der Waals surface area contributed by atoms with Crippen molar-refractivity contribution in [2.24, 2.45) is 0 Å². The van der Waals surface area contributed by atoms with Gasteiger partial charge < -0.3 is 16.2 Å². The molecule has 1 aromatic heterocycles. The summed E-state index contributed by atoms with van der Waals surface area (Å²) in [6.45, 7) is 6.11. The van der Waals surface area contributed by atoms with Gasteiger partial charge >= 0.3 is 0 Å². The molecule has 90 valence electrons. The van der Waals surface area contributed by atoms with Crippen molar-refractivity contribution in [1.82, 2.24) is 9.97 Å². The molecule has 0 bridgehead atoms. The third kappa shape index (κ3) is 3.34. The summed E-state index contributed by atoms with van der Waals surface area (Å²) in [6.07, 6.45) is 0.831. The Labute approximate surface area is 96.1 Å². The summed E-state index contributed by atoms with van der Waals surface area (Å²) in [6, 6.07) is 1.69. The van der Waals surface area contributed by atoms with E-state index in [9.17, 15) is 0 Å². The van der Waals surface area contributed by atoms with E-state index >= 15 is 0 Å². The van der Waals surface area contributed by atoms with Gasteiger partial charge in [0.15, 0.2) is 0 Å². The summed E-state index contributed by atoms with van der Waals surface area (Å²) in [5, 5.41) is 12.2. The Morgan fingerprint density at radius 3 is 2.62 bits per heavy atom. The van der Waals surface area contributed by atoms with E-state index in [1.807, 2.05) is 20.8 Å². The van der Waals surface area contributed by atoms with Crippen LogP contribution < -0.4 is 11.1 Å². The van der Waals surface area contributed by atoms with Gasteiger partial charge in [0.25, 0.3) is 0 Å². The standard InChI is InChI=1S/C11H20N4O/c1-4-8(6-16)13-10-5-9(12)14-11(15-10)7(2)3/h5,7-8,16H,4,6H2,1-3H3,(H3,12,13,14,15). The normalized spacial score (nSPS) is 12.8. The molecule has 16 heavy (non-hydrogen) atoms. The van der Waals surface area contributed by atoms with Crippen molar-refractivity contribution in [1.29, 1.82) is 0 Å². The quantitative estimate of drug-likeness (QED) is 0.703. The zero-order valence-corrected chi connectivity index (χ0v) is 10.1. The fraction of sp³-hybridized carbons (Fsp3) is 0.636. The molecule has 0 fully saturated rings. The van der Waals surface area contributed by atoms with E-state index in [1.165, 1.54) is 0 Å². The topological polar surface area (TPSA) is 84.1 Å². The smallest absolute Gasteiger partial charge is 0.135 e. The molecular weight excluding hydrogens is 204 g/mol. The van der Waals surface area contributed by atoms with Gasteiger partial charge in [-0.25, -0.2) is 9.97 Å². The molecule has 0 spiro atoms. The van der Waals surface area contributed by atoms with Crippen molar-refractivity contribution in [2.75, 3.05) is 17.7 Å². The second kappa shape index (κ2) is 5.65. The lowest BCUT2D eigenvalue weighted by atomic mass is 10.2. The minimum atomic E-state index is 0.00862. The predicted molar refractivity (Wildman–Crippen MR) is 65.3 cm³/mol. The average Bonchev–Trinajstić information content (AvgIpc) is 2.25. The lowest BCUT2D eigenvalue weighted by Gasteiger charge is -2.16. The molecule has 1 unspecified atom stereocenters. The van der Waals surface area contributed by atoms with E-state index in [0.717, 1.165) is 12.2 Å². The number of nitrogens with two attached hydrogens (primary N) is 1. The van der Waals surface area contributed by atoms with Crippen molar-refractivity contribution in [2.45, 2.75) is 39.2 Å². The first kappa shape index (κ1) is 12.7. The number of hydrogen-bond donors (Lipinski definition) is 3. The number of aliphatic hydroxyl groups excluding tert-OH is 1. The zero-order valence-electron chi connectivity index (χ0n) is 10.1. The maximum absolute atomic E-state index is 9.10. The molecule has 4 N–H and O–H groups in total. The van der Waals surface area contributed by atoms with E-state index in [1.54, 1.807) is 6.07 Å². The van der Waals surface area contributed by atoms with Crippen LogP contribution >= 0.6 is 0 Å². The lowest BCUT2D eigenvalue weighted by molar-refractivity contribution is 0.271. The number of aromatic nitrogens is 2. The Morgan fingerprint density at radius 1 is 1.44 bits per heavy atom. The monoisotopic (exact) mass is 224 g/mol. The van der Waals surface area contributed by atoms with E-state index in [2.05, 4.69) is 15.3 Å². The Balaban J connectivity index is 2.87. The maximum atomic E-state index is 9.10. The van der Waals surface area contributed by atoms with Crippen LogP contribution in [0.15, 0.2) is 6.07 Å². The van der Waals surface area contributed by atoms with Crippen LogP contribution in [0.1, 0.15) is 38.9 Å². The predicted octanol–water partition coefficient (Wildman–Crippen LogP) is 1.36. The van der Waals surface area contributed by atoms with Gasteiger partial charge in [0.2, 0.25) is 0 Å². The number of rotatable bonds is 5. The molecule has 1 heterocycles. The van der Waals surface area contributed by atoms with Crippen molar-refractivity contribution in [3.63, 3.8) is 0 Å². The number of nitrogen functional groups attached to an aromatic ring is 1. The van der Waals surface area contributed by atoms with Crippen molar-refractivity contribution < 1.29 is 5.11 Å². The molecule has 0 amide bonds. The van der Waals surface area contributed by atoms with Gasteiger partial charge in [-0.3, -0.25) is 0 Å². The van der Waals surface area contributed by atoms with E-state index in [0.29, 0.717) is 11.6 Å². The molecule has 0 saturated heterocycles. The Kier molecular flexibility index (Phi) is 4.49. The summed E-state index contributed by atoms with van der Waals surface area (Å²) in [5.74, 6) is 2.08. The molecule has 5 nitrogen and oxygen atoms in total. The van der Waals surface area contributed by atoms with Gasteiger partial charge in [-0.1, -0.05) is 20.8 Å². The fourth-order valence-corrected chi connectivity index (χ4v) is 1.30. The lowest BCUT2D eigenvalue weighted by Crippen LogP contribution is -2.23.